The summed E-state index contributed by atoms with van der Waals surface area (Å²) in [5.74, 6) is 0.123. The fraction of sp³-hybridized carbons (Fsp3) is 0.0952. The normalized spacial score (nSPS) is 15.1. The average molecular weight is 331 g/mol. The highest BCUT2D eigenvalue weighted by Gasteiger charge is 2.27. The van der Waals surface area contributed by atoms with Crippen LogP contribution in [-0.4, -0.2) is 19.9 Å². The van der Waals surface area contributed by atoms with Gasteiger partial charge in [0.05, 0.1) is 4.91 Å². The average Bonchev–Trinajstić information content (AvgIpc) is 2.92. The fourth-order valence-corrected chi connectivity index (χ4v) is 4.12. The van der Waals surface area contributed by atoms with Crippen molar-refractivity contribution in [1.29, 1.82) is 0 Å². The maximum atomic E-state index is 12.7. The Bertz CT molecular complexity index is 971. The van der Waals surface area contributed by atoms with Crippen LogP contribution in [0.4, 0.5) is 5.69 Å². The second-order valence-corrected chi connectivity index (χ2v) is 7.14. The van der Waals surface area contributed by atoms with E-state index in [1.165, 1.54) is 5.39 Å². The van der Waals surface area contributed by atoms with Gasteiger partial charge in [0.25, 0.3) is 0 Å². The molecule has 0 N–H and O–H groups in total. The summed E-state index contributed by atoms with van der Waals surface area (Å²) in [4.78, 5) is 16.7. The second kappa shape index (κ2) is 5.84. The molecule has 0 spiro atoms. The molecule has 1 heterocycles. The van der Waals surface area contributed by atoms with Crippen molar-refractivity contribution in [1.82, 2.24) is 0 Å². The molecule has 0 saturated heterocycles. The van der Waals surface area contributed by atoms with Crippen molar-refractivity contribution in [2.45, 2.75) is 4.90 Å². The summed E-state index contributed by atoms with van der Waals surface area (Å²) in [5, 5.41) is 2.33. The van der Waals surface area contributed by atoms with Crippen LogP contribution in [-0.2, 0) is 0 Å². The highest BCUT2D eigenvalue weighted by Crippen LogP contribution is 2.44. The van der Waals surface area contributed by atoms with Crippen molar-refractivity contribution in [3.05, 3.63) is 76.7 Å². The lowest BCUT2D eigenvalue weighted by molar-refractivity contribution is 0.104. The van der Waals surface area contributed by atoms with E-state index in [9.17, 15) is 4.79 Å². The maximum absolute atomic E-state index is 12.7. The highest BCUT2D eigenvalue weighted by molar-refractivity contribution is 8.05. The molecule has 0 saturated carbocycles. The lowest BCUT2D eigenvalue weighted by Gasteiger charge is -2.11. The number of rotatable bonds is 2. The van der Waals surface area contributed by atoms with Crippen LogP contribution in [0.25, 0.3) is 16.8 Å². The van der Waals surface area contributed by atoms with Crippen LogP contribution in [0.1, 0.15) is 15.9 Å². The zero-order chi connectivity index (χ0) is 16.7. The molecule has 4 rings (SSSR count). The molecule has 0 aliphatic carbocycles. The quantitative estimate of drug-likeness (QED) is 0.599. The molecular weight excluding hydrogens is 314 g/mol. The Morgan fingerprint density at radius 1 is 0.917 bits per heavy atom. The molecule has 0 aromatic heterocycles. The Morgan fingerprint density at radius 2 is 1.67 bits per heavy atom. The summed E-state index contributed by atoms with van der Waals surface area (Å²) in [5.41, 5.74) is 3.01. The molecule has 3 aromatic rings. The molecule has 0 fully saturated rings. The molecule has 0 radical (unpaired) electrons. The van der Waals surface area contributed by atoms with E-state index >= 15 is 0 Å². The standard InChI is InChI=1S/C21H17NOS/c1-22(2)16-10-7-14(8-11-16)13-19-20(23)18-12-9-15-5-3-4-6-17(15)21(18)24-19/h3-13H,1-2H3. The molecule has 2 nitrogen and oxygen atoms in total. The van der Waals surface area contributed by atoms with Crippen LogP contribution in [0, 0.1) is 0 Å². The van der Waals surface area contributed by atoms with Crippen molar-refractivity contribution in [3.63, 3.8) is 0 Å². The molecule has 1 aliphatic rings. The van der Waals surface area contributed by atoms with Gasteiger partial charge in [-0.3, -0.25) is 4.79 Å². The van der Waals surface area contributed by atoms with Crippen LogP contribution < -0.4 is 4.90 Å². The fourth-order valence-electron chi connectivity index (χ4n) is 2.94. The Balaban J connectivity index is 1.73. The van der Waals surface area contributed by atoms with E-state index in [4.69, 9.17) is 0 Å². The summed E-state index contributed by atoms with van der Waals surface area (Å²) in [6, 6.07) is 20.4. The van der Waals surface area contributed by atoms with Gasteiger partial charge < -0.3 is 4.90 Å². The first-order chi connectivity index (χ1) is 11.6. The lowest BCUT2D eigenvalue weighted by atomic mass is 10.0. The van der Waals surface area contributed by atoms with Crippen molar-refractivity contribution in [2.75, 3.05) is 19.0 Å². The van der Waals surface area contributed by atoms with Gasteiger partial charge in [0.15, 0.2) is 0 Å². The maximum Gasteiger partial charge on any atom is 0.200 e. The minimum atomic E-state index is 0.123. The van der Waals surface area contributed by atoms with E-state index in [1.54, 1.807) is 11.8 Å². The van der Waals surface area contributed by atoms with E-state index < -0.39 is 0 Å². The number of allylic oxidation sites excluding steroid dienone is 1. The summed E-state index contributed by atoms with van der Waals surface area (Å²) >= 11 is 1.58. The van der Waals surface area contributed by atoms with Crippen LogP contribution in [0.3, 0.4) is 0 Å². The van der Waals surface area contributed by atoms with Crippen molar-refractivity contribution in [3.8, 4) is 0 Å². The predicted octanol–water partition coefficient (Wildman–Crippen LogP) is 5.24. The van der Waals surface area contributed by atoms with Gasteiger partial charge in [-0.05, 0) is 40.6 Å². The zero-order valence-electron chi connectivity index (χ0n) is 13.6. The molecule has 118 valence electrons. The van der Waals surface area contributed by atoms with E-state index in [0.717, 1.165) is 32.0 Å². The first-order valence-corrected chi connectivity index (χ1v) is 8.68. The SMILES string of the molecule is CN(C)c1ccc(C=C2Sc3c(ccc4ccccc34)C2=O)cc1. The number of fused-ring (bicyclic) bond motifs is 3. The zero-order valence-corrected chi connectivity index (χ0v) is 14.4. The van der Waals surface area contributed by atoms with Gasteiger partial charge in [0.1, 0.15) is 0 Å². The molecule has 24 heavy (non-hydrogen) atoms. The van der Waals surface area contributed by atoms with Crippen LogP contribution in [0.15, 0.2) is 70.5 Å². The number of thioether (sulfide) groups is 1. The molecule has 0 amide bonds. The number of carbonyl (C=O) groups excluding carboxylic acids is 1. The van der Waals surface area contributed by atoms with Gasteiger partial charge in [-0.2, -0.15) is 0 Å². The first-order valence-electron chi connectivity index (χ1n) is 7.87. The summed E-state index contributed by atoms with van der Waals surface area (Å²) in [7, 11) is 4.04. The minimum Gasteiger partial charge on any atom is -0.378 e. The molecule has 3 heteroatoms. The van der Waals surface area contributed by atoms with Gasteiger partial charge in [-0.25, -0.2) is 0 Å². The Hall–Kier alpha value is -2.52. The van der Waals surface area contributed by atoms with Gasteiger partial charge in [0, 0.05) is 30.2 Å². The first kappa shape index (κ1) is 15.0. The number of ketones is 1. The third kappa shape index (κ3) is 2.51. The molecule has 0 atom stereocenters. The number of Topliss-reactive ketones (excluding diaryl/α,β-unsaturated/α-hetero) is 1. The minimum absolute atomic E-state index is 0.123. The molecule has 1 aliphatic heterocycles. The molecular formula is C21H17NOS. The van der Waals surface area contributed by atoms with Gasteiger partial charge >= 0.3 is 0 Å². The van der Waals surface area contributed by atoms with Crippen LogP contribution in [0.2, 0.25) is 0 Å². The molecule has 3 aromatic carbocycles. The number of hydrogen-bond acceptors (Lipinski definition) is 3. The van der Waals surface area contributed by atoms with E-state index in [0.29, 0.717) is 0 Å². The topological polar surface area (TPSA) is 20.3 Å². The highest BCUT2D eigenvalue weighted by atomic mass is 32.2. The number of nitrogens with zero attached hydrogens (tertiary/aromatic N) is 1. The predicted molar refractivity (Wildman–Crippen MR) is 103 cm³/mol. The lowest BCUT2D eigenvalue weighted by Crippen LogP contribution is -2.07. The Labute approximate surface area is 145 Å². The van der Waals surface area contributed by atoms with Crippen LogP contribution >= 0.6 is 11.8 Å². The van der Waals surface area contributed by atoms with E-state index in [1.807, 2.05) is 44.4 Å². The second-order valence-electron chi connectivity index (χ2n) is 6.09. The summed E-state index contributed by atoms with van der Waals surface area (Å²) in [6.07, 6.45) is 1.99. The van der Waals surface area contributed by atoms with Crippen LogP contribution in [0.5, 0.6) is 0 Å². The van der Waals surface area contributed by atoms with E-state index in [2.05, 4.69) is 41.3 Å². The van der Waals surface area contributed by atoms with Gasteiger partial charge in [-0.1, -0.05) is 54.2 Å². The van der Waals surface area contributed by atoms with Crippen molar-refractivity contribution >= 4 is 40.1 Å². The smallest absolute Gasteiger partial charge is 0.200 e. The largest absolute Gasteiger partial charge is 0.378 e. The number of hydrogen-bond donors (Lipinski definition) is 0. The monoisotopic (exact) mass is 331 g/mol. The Morgan fingerprint density at radius 3 is 2.42 bits per heavy atom. The third-order valence-electron chi connectivity index (χ3n) is 4.27. The number of benzene rings is 3. The molecule has 0 bridgehead atoms. The summed E-state index contributed by atoms with van der Waals surface area (Å²) < 4.78 is 0. The molecule has 0 unspecified atom stereocenters. The Kier molecular flexibility index (Phi) is 3.66. The van der Waals surface area contributed by atoms with Gasteiger partial charge in [0.2, 0.25) is 5.78 Å². The number of anilines is 1. The van der Waals surface area contributed by atoms with Gasteiger partial charge in [-0.15, -0.1) is 0 Å². The third-order valence-corrected chi connectivity index (χ3v) is 5.43. The van der Waals surface area contributed by atoms with Crippen molar-refractivity contribution < 1.29 is 4.79 Å². The van der Waals surface area contributed by atoms with E-state index in [-0.39, 0.29) is 5.78 Å². The number of carbonyl (C=O) groups is 1. The van der Waals surface area contributed by atoms with Crippen molar-refractivity contribution in [2.24, 2.45) is 0 Å². The summed E-state index contributed by atoms with van der Waals surface area (Å²) in [6.45, 7) is 0.